The summed E-state index contributed by atoms with van der Waals surface area (Å²) >= 11 is 0. The summed E-state index contributed by atoms with van der Waals surface area (Å²) in [7, 11) is 1.70. The fourth-order valence-corrected chi connectivity index (χ4v) is 2.14. The summed E-state index contributed by atoms with van der Waals surface area (Å²) < 4.78 is 5.04. The Morgan fingerprint density at radius 2 is 1.91 bits per heavy atom. The summed E-state index contributed by atoms with van der Waals surface area (Å²) in [5.74, 6) is 1.44. The van der Waals surface area contributed by atoms with Crippen LogP contribution in [0, 0.1) is 20.8 Å². The molecule has 0 amide bonds. The lowest BCUT2D eigenvalue weighted by Gasteiger charge is -2.12. The van der Waals surface area contributed by atoms with Crippen molar-refractivity contribution < 1.29 is 4.74 Å². The van der Waals surface area contributed by atoms with Gasteiger partial charge in [0.2, 0.25) is 5.95 Å². The summed E-state index contributed by atoms with van der Waals surface area (Å²) in [6.45, 7) is 7.65. The first kappa shape index (κ1) is 16.2. The number of rotatable bonds is 7. The Hall–Kier alpha value is -2.14. The van der Waals surface area contributed by atoms with E-state index >= 15 is 0 Å². The van der Waals surface area contributed by atoms with Gasteiger partial charge in [-0.3, -0.25) is 0 Å². The molecule has 5 nitrogen and oxygen atoms in total. The third-order valence-corrected chi connectivity index (χ3v) is 3.32. The maximum atomic E-state index is 5.04. The monoisotopic (exact) mass is 300 g/mol. The van der Waals surface area contributed by atoms with Gasteiger partial charge in [-0.1, -0.05) is 12.1 Å². The summed E-state index contributed by atoms with van der Waals surface area (Å²) in [5.41, 5.74) is 4.41. The third-order valence-electron chi connectivity index (χ3n) is 3.32. The molecule has 0 spiro atoms. The van der Waals surface area contributed by atoms with Gasteiger partial charge in [-0.2, -0.15) is 4.98 Å². The molecule has 0 saturated heterocycles. The van der Waals surface area contributed by atoms with Gasteiger partial charge in [0, 0.05) is 37.7 Å². The number of anilines is 3. The smallest absolute Gasteiger partial charge is 0.224 e. The Morgan fingerprint density at radius 3 is 2.68 bits per heavy atom. The number of hydrogen-bond donors (Lipinski definition) is 2. The fourth-order valence-electron chi connectivity index (χ4n) is 2.14. The molecule has 22 heavy (non-hydrogen) atoms. The van der Waals surface area contributed by atoms with Crippen LogP contribution in [-0.2, 0) is 4.74 Å². The number of nitrogens with one attached hydrogen (secondary N) is 2. The Kier molecular flexibility index (Phi) is 5.72. The van der Waals surface area contributed by atoms with E-state index in [1.165, 1.54) is 11.1 Å². The van der Waals surface area contributed by atoms with Gasteiger partial charge in [0.05, 0.1) is 0 Å². The first-order chi connectivity index (χ1) is 10.6. The summed E-state index contributed by atoms with van der Waals surface area (Å²) in [6.07, 6.45) is 0.924. The van der Waals surface area contributed by atoms with Crippen LogP contribution in [0.15, 0.2) is 24.3 Å². The normalized spacial score (nSPS) is 10.5. The minimum Gasteiger partial charge on any atom is -0.385 e. The SMILES string of the molecule is COCCCNc1nc(C)cc(Nc2cc(C)ccc2C)n1. The average molecular weight is 300 g/mol. The predicted octanol–water partition coefficient (Wildman–Crippen LogP) is 3.59. The average Bonchev–Trinajstić information content (AvgIpc) is 2.47. The molecule has 0 atom stereocenters. The second-order valence-corrected chi connectivity index (χ2v) is 5.43. The second-order valence-electron chi connectivity index (χ2n) is 5.43. The molecule has 2 aromatic rings. The minimum atomic E-state index is 0.643. The highest BCUT2D eigenvalue weighted by molar-refractivity contribution is 5.62. The zero-order valence-electron chi connectivity index (χ0n) is 13.7. The van der Waals surface area contributed by atoms with Gasteiger partial charge in [0.1, 0.15) is 5.82 Å². The molecule has 0 aliphatic heterocycles. The summed E-state index contributed by atoms with van der Waals surface area (Å²) in [4.78, 5) is 8.93. The first-order valence-corrected chi connectivity index (χ1v) is 7.51. The second kappa shape index (κ2) is 7.75. The molecule has 0 unspecified atom stereocenters. The molecule has 0 bridgehead atoms. The van der Waals surface area contributed by atoms with Crippen molar-refractivity contribution in [2.75, 3.05) is 30.9 Å². The molecule has 1 aromatic carbocycles. The van der Waals surface area contributed by atoms with Crippen LogP contribution >= 0.6 is 0 Å². The van der Waals surface area contributed by atoms with Crippen molar-refractivity contribution in [3.05, 3.63) is 41.1 Å². The van der Waals surface area contributed by atoms with Crippen molar-refractivity contribution >= 4 is 17.5 Å². The van der Waals surface area contributed by atoms with Crippen molar-refractivity contribution in [1.82, 2.24) is 9.97 Å². The zero-order valence-corrected chi connectivity index (χ0v) is 13.7. The topological polar surface area (TPSA) is 59.1 Å². The molecule has 0 radical (unpaired) electrons. The van der Waals surface area contributed by atoms with Crippen LogP contribution in [0.25, 0.3) is 0 Å². The molecule has 5 heteroatoms. The van der Waals surface area contributed by atoms with E-state index in [2.05, 4.69) is 52.6 Å². The van der Waals surface area contributed by atoms with Crippen LogP contribution in [0.1, 0.15) is 23.2 Å². The molecular weight excluding hydrogens is 276 g/mol. The molecule has 118 valence electrons. The van der Waals surface area contributed by atoms with E-state index in [9.17, 15) is 0 Å². The van der Waals surface area contributed by atoms with E-state index in [1.807, 2.05) is 13.0 Å². The lowest BCUT2D eigenvalue weighted by Crippen LogP contribution is -2.09. The molecular formula is C17H24N4O. The van der Waals surface area contributed by atoms with Gasteiger partial charge in [0.15, 0.2) is 0 Å². The molecule has 1 aromatic heterocycles. The van der Waals surface area contributed by atoms with E-state index < -0.39 is 0 Å². The molecule has 0 aliphatic rings. The van der Waals surface area contributed by atoms with Crippen molar-refractivity contribution in [3.63, 3.8) is 0 Å². The van der Waals surface area contributed by atoms with Crippen molar-refractivity contribution in [2.45, 2.75) is 27.2 Å². The Morgan fingerprint density at radius 1 is 1.09 bits per heavy atom. The van der Waals surface area contributed by atoms with E-state index in [-0.39, 0.29) is 0 Å². The van der Waals surface area contributed by atoms with Crippen molar-refractivity contribution in [1.29, 1.82) is 0 Å². The van der Waals surface area contributed by atoms with E-state index in [0.29, 0.717) is 5.95 Å². The van der Waals surface area contributed by atoms with Crippen LogP contribution in [0.4, 0.5) is 17.5 Å². The van der Waals surface area contributed by atoms with Crippen LogP contribution in [0.3, 0.4) is 0 Å². The number of benzene rings is 1. The number of methoxy groups -OCH3 is 1. The highest BCUT2D eigenvalue weighted by atomic mass is 16.5. The van der Waals surface area contributed by atoms with E-state index in [1.54, 1.807) is 7.11 Å². The summed E-state index contributed by atoms with van der Waals surface area (Å²) in [5, 5.41) is 6.61. The van der Waals surface area contributed by atoms with Crippen molar-refractivity contribution in [2.24, 2.45) is 0 Å². The molecule has 2 N–H and O–H groups in total. The lowest BCUT2D eigenvalue weighted by atomic mass is 10.1. The lowest BCUT2D eigenvalue weighted by molar-refractivity contribution is 0.197. The van der Waals surface area contributed by atoms with Gasteiger partial charge in [0.25, 0.3) is 0 Å². The number of nitrogens with zero attached hydrogens (tertiary/aromatic N) is 2. The van der Waals surface area contributed by atoms with Crippen molar-refractivity contribution in [3.8, 4) is 0 Å². The van der Waals surface area contributed by atoms with Gasteiger partial charge < -0.3 is 15.4 Å². The quantitative estimate of drug-likeness (QED) is 0.765. The van der Waals surface area contributed by atoms with Gasteiger partial charge in [-0.15, -0.1) is 0 Å². The Bertz CT molecular complexity index is 628. The maximum absolute atomic E-state index is 5.04. The van der Waals surface area contributed by atoms with E-state index in [4.69, 9.17) is 4.74 Å². The van der Waals surface area contributed by atoms with Gasteiger partial charge >= 0.3 is 0 Å². The fraction of sp³-hybridized carbons (Fsp3) is 0.412. The molecule has 1 heterocycles. The largest absolute Gasteiger partial charge is 0.385 e. The minimum absolute atomic E-state index is 0.643. The molecule has 0 saturated carbocycles. The zero-order chi connectivity index (χ0) is 15.9. The number of ether oxygens (including phenoxy) is 1. The number of hydrogen-bond acceptors (Lipinski definition) is 5. The maximum Gasteiger partial charge on any atom is 0.224 e. The molecule has 0 aliphatic carbocycles. The number of aromatic nitrogens is 2. The van der Waals surface area contributed by atoms with E-state index in [0.717, 1.165) is 36.8 Å². The van der Waals surface area contributed by atoms with Gasteiger partial charge in [-0.05, 0) is 44.4 Å². The Labute approximate surface area is 132 Å². The first-order valence-electron chi connectivity index (χ1n) is 7.51. The van der Waals surface area contributed by atoms with Gasteiger partial charge in [-0.25, -0.2) is 4.98 Å². The highest BCUT2D eigenvalue weighted by Gasteiger charge is 2.04. The summed E-state index contributed by atoms with van der Waals surface area (Å²) in [6, 6.07) is 8.28. The number of aryl methyl sites for hydroxylation is 3. The van der Waals surface area contributed by atoms with Crippen LogP contribution in [-0.4, -0.2) is 30.2 Å². The standard InChI is InChI=1S/C17H24N4O/c1-12-6-7-13(2)15(10-12)20-16-11-14(3)19-17(21-16)18-8-5-9-22-4/h6-7,10-11H,5,8-9H2,1-4H3,(H2,18,19,20,21). The predicted molar refractivity (Wildman–Crippen MR) is 91.0 cm³/mol. The molecule has 0 fully saturated rings. The highest BCUT2D eigenvalue weighted by Crippen LogP contribution is 2.21. The van der Waals surface area contributed by atoms with Crippen LogP contribution in [0.2, 0.25) is 0 Å². The molecule has 2 rings (SSSR count). The van der Waals surface area contributed by atoms with Crippen LogP contribution in [0.5, 0.6) is 0 Å². The Balaban J connectivity index is 2.10. The third kappa shape index (κ3) is 4.70. The van der Waals surface area contributed by atoms with Crippen LogP contribution < -0.4 is 10.6 Å².